The normalized spacial score (nSPS) is 24.0. The summed E-state index contributed by atoms with van der Waals surface area (Å²) < 4.78 is 7.27. The number of likely N-dealkylation sites (N-methyl/N-ethyl adjacent to an activating group) is 1. The third-order valence-electron chi connectivity index (χ3n) is 3.58. The first-order valence-electron chi connectivity index (χ1n) is 7.24. The molecular weight excluding hydrogens is 256 g/mol. The molecule has 1 aromatic heterocycles. The molecule has 1 aliphatic rings. The fourth-order valence-corrected chi connectivity index (χ4v) is 2.62. The number of hydrogen-bond donors (Lipinski definition) is 2. The Balaban J connectivity index is 1.70. The van der Waals surface area contributed by atoms with Crippen molar-refractivity contribution in [3.8, 4) is 0 Å². The third kappa shape index (κ3) is 4.86. The van der Waals surface area contributed by atoms with E-state index in [0.717, 1.165) is 25.9 Å². The molecule has 1 aromatic rings. The molecule has 0 bridgehead atoms. The number of nitrogens with one attached hydrogen (secondary N) is 1. The van der Waals surface area contributed by atoms with Crippen molar-refractivity contribution in [2.24, 2.45) is 7.05 Å². The van der Waals surface area contributed by atoms with E-state index in [1.54, 1.807) is 0 Å². The Morgan fingerprint density at radius 1 is 1.60 bits per heavy atom. The zero-order valence-electron chi connectivity index (χ0n) is 12.5. The lowest BCUT2D eigenvalue weighted by atomic mass is 10.0. The number of hydrogen-bond acceptors (Lipinski definition) is 5. The number of ether oxygens (including phenoxy) is 1. The molecule has 1 unspecified atom stereocenters. The predicted molar refractivity (Wildman–Crippen MR) is 77.7 cm³/mol. The second-order valence-electron chi connectivity index (χ2n) is 5.82. The van der Waals surface area contributed by atoms with Crippen molar-refractivity contribution in [3.05, 3.63) is 18.0 Å². The summed E-state index contributed by atoms with van der Waals surface area (Å²) in [6.07, 6.45) is 6.05. The van der Waals surface area contributed by atoms with E-state index >= 15 is 0 Å². The van der Waals surface area contributed by atoms with E-state index in [9.17, 15) is 5.11 Å². The van der Waals surface area contributed by atoms with Crippen LogP contribution in [0.5, 0.6) is 0 Å². The lowest BCUT2D eigenvalue weighted by Gasteiger charge is -2.30. The molecule has 20 heavy (non-hydrogen) atoms. The van der Waals surface area contributed by atoms with Gasteiger partial charge >= 0.3 is 0 Å². The Morgan fingerprint density at radius 3 is 3.20 bits per heavy atom. The van der Waals surface area contributed by atoms with E-state index in [1.807, 2.05) is 25.0 Å². The molecule has 0 saturated carbocycles. The number of rotatable bonds is 6. The van der Waals surface area contributed by atoms with Gasteiger partial charge in [0.1, 0.15) is 5.60 Å². The molecule has 2 N–H and O–H groups in total. The van der Waals surface area contributed by atoms with Crippen molar-refractivity contribution in [2.75, 3.05) is 46.4 Å². The molecule has 0 spiro atoms. The lowest BCUT2D eigenvalue weighted by molar-refractivity contribution is -0.0450. The molecule has 2 heterocycles. The maximum atomic E-state index is 10.5. The Labute approximate surface area is 120 Å². The molecule has 6 heteroatoms. The van der Waals surface area contributed by atoms with Crippen LogP contribution in [0.1, 0.15) is 12.0 Å². The fraction of sp³-hybridized carbons (Fsp3) is 0.786. The maximum absolute atomic E-state index is 10.5. The first-order chi connectivity index (χ1) is 9.57. The summed E-state index contributed by atoms with van der Waals surface area (Å²) in [7, 11) is 3.98. The van der Waals surface area contributed by atoms with Crippen LogP contribution in [0.25, 0.3) is 0 Å². The molecule has 0 aliphatic carbocycles. The molecule has 1 fully saturated rings. The van der Waals surface area contributed by atoms with Crippen LogP contribution in [0.15, 0.2) is 12.4 Å². The molecule has 6 nitrogen and oxygen atoms in total. The standard InChI is InChI=1S/C14H26N4O2/c1-17(6-3-4-13-8-16-18(2)9-13)11-14(19)10-15-5-7-20-12-14/h8-9,15,19H,3-7,10-12H2,1-2H3. The van der Waals surface area contributed by atoms with E-state index in [-0.39, 0.29) is 0 Å². The highest BCUT2D eigenvalue weighted by Crippen LogP contribution is 2.10. The van der Waals surface area contributed by atoms with Crippen LogP contribution in [-0.4, -0.2) is 71.8 Å². The summed E-state index contributed by atoms with van der Waals surface area (Å²) in [5.41, 5.74) is 0.485. The molecule has 1 saturated heterocycles. The van der Waals surface area contributed by atoms with E-state index in [1.165, 1.54) is 5.56 Å². The van der Waals surface area contributed by atoms with Crippen LogP contribution in [0, 0.1) is 0 Å². The van der Waals surface area contributed by atoms with Crippen molar-refractivity contribution >= 4 is 0 Å². The second kappa shape index (κ2) is 7.17. The van der Waals surface area contributed by atoms with Gasteiger partial charge < -0.3 is 20.1 Å². The Hall–Kier alpha value is -0.950. The van der Waals surface area contributed by atoms with E-state index < -0.39 is 5.60 Å². The average molecular weight is 282 g/mol. The predicted octanol–water partition coefficient (Wildman–Crippen LogP) is -0.365. The van der Waals surface area contributed by atoms with Gasteiger partial charge in [0.15, 0.2) is 0 Å². The van der Waals surface area contributed by atoms with Gasteiger partial charge in [-0.1, -0.05) is 0 Å². The molecule has 0 amide bonds. The number of aliphatic hydroxyl groups is 1. The lowest BCUT2D eigenvalue weighted by Crippen LogP contribution is -2.50. The second-order valence-corrected chi connectivity index (χ2v) is 5.82. The summed E-state index contributed by atoms with van der Waals surface area (Å²) in [4.78, 5) is 2.17. The fourth-order valence-electron chi connectivity index (χ4n) is 2.62. The van der Waals surface area contributed by atoms with E-state index in [2.05, 4.69) is 21.5 Å². The molecular formula is C14H26N4O2. The molecule has 1 aliphatic heterocycles. The summed E-state index contributed by atoms with van der Waals surface area (Å²) in [5, 5.41) is 17.9. The van der Waals surface area contributed by atoms with Crippen molar-refractivity contribution in [1.82, 2.24) is 20.0 Å². The number of nitrogens with zero attached hydrogens (tertiary/aromatic N) is 3. The number of aryl methyl sites for hydroxylation is 2. The topological polar surface area (TPSA) is 62.6 Å². The van der Waals surface area contributed by atoms with Gasteiger partial charge in [0.05, 0.1) is 19.4 Å². The summed E-state index contributed by atoms with van der Waals surface area (Å²) in [5.74, 6) is 0. The van der Waals surface area contributed by atoms with Crippen LogP contribution in [0.3, 0.4) is 0 Å². The van der Waals surface area contributed by atoms with Crippen LogP contribution >= 0.6 is 0 Å². The quantitative estimate of drug-likeness (QED) is 0.746. The molecule has 2 rings (SSSR count). The highest BCUT2D eigenvalue weighted by Gasteiger charge is 2.30. The Bertz CT molecular complexity index is 400. The monoisotopic (exact) mass is 282 g/mol. The van der Waals surface area contributed by atoms with Gasteiger partial charge in [-0.3, -0.25) is 4.68 Å². The van der Waals surface area contributed by atoms with Crippen LogP contribution in [-0.2, 0) is 18.2 Å². The van der Waals surface area contributed by atoms with Gasteiger partial charge in [-0.05, 0) is 32.0 Å². The first kappa shape index (κ1) is 15.4. The van der Waals surface area contributed by atoms with Crippen LogP contribution in [0.2, 0.25) is 0 Å². The van der Waals surface area contributed by atoms with E-state index in [4.69, 9.17) is 4.74 Å². The van der Waals surface area contributed by atoms with Gasteiger partial charge in [-0.15, -0.1) is 0 Å². The highest BCUT2D eigenvalue weighted by atomic mass is 16.5. The SMILES string of the molecule is CN(CCCc1cnn(C)c1)CC1(O)CNCCOC1. The van der Waals surface area contributed by atoms with Gasteiger partial charge in [0.2, 0.25) is 0 Å². The van der Waals surface area contributed by atoms with Crippen molar-refractivity contribution < 1.29 is 9.84 Å². The number of aromatic nitrogens is 2. The number of β-amino-alcohol motifs (C(OH)–C–C–N with tert-alkyl or cyclic N) is 1. The smallest absolute Gasteiger partial charge is 0.113 e. The molecule has 114 valence electrons. The van der Waals surface area contributed by atoms with Crippen LogP contribution in [0.4, 0.5) is 0 Å². The van der Waals surface area contributed by atoms with Gasteiger partial charge in [-0.25, -0.2) is 0 Å². The summed E-state index contributed by atoms with van der Waals surface area (Å²) in [6, 6.07) is 0. The minimum Gasteiger partial charge on any atom is -0.385 e. The van der Waals surface area contributed by atoms with Gasteiger partial charge in [0.25, 0.3) is 0 Å². The van der Waals surface area contributed by atoms with Gasteiger partial charge in [-0.2, -0.15) is 5.10 Å². The molecule has 0 radical (unpaired) electrons. The summed E-state index contributed by atoms with van der Waals surface area (Å²) in [6.45, 7) is 4.08. The third-order valence-corrected chi connectivity index (χ3v) is 3.58. The van der Waals surface area contributed by atoms with Crippen molar-refractivity contribution in [2.45, 2.75) is 18.4 Å². The zero-order chi connectivity index (χ0) is 14.4. The van der Waals surface area contributed by atoms with Gasteiger partial charge in [0, 0.05) is 32.9 Å². The minimum absolute atomic E-state index is 0.410. The first-order valence-corrected chi connectivity index (χ1v) is 7.24. The van der Waals surface area contributed by atoms with Crippen LogP contribution < -0.4 is 5.32 Å². The highest BCUT2D eigenvalue weighted by molar-refractivity contribution is 5.03. The Kier molecular flexibility index (Phi) is 5.54. The maximum Gasteiger partial charge on any atom is 0.113 e. The molecule has 1 atom stereocenters. The molecule has 0 aromatic carbocycles. The Morgan fingerprint density at radius 2 is 2.45 bits per heavy atom. The average Bonchev–Trinajstić information content (AvgIpc) is 2.67. The van der Waals surface area contributed by atoms with Crippen molar-refractivity contribution in [3.63, 3.8) is 0 Å². The zero-order valence-corrected chi connectivity index (χ0v) is 12.5. The minimum atomic E-state index is -0.778. The van der Waals surface area contributed by atoms with E-state index in [0.29, 0.717) is 26.3 Å². The van der Waals surface area contributed by atoms with Crippen molar-refractivity contribution in [1.29, 1.82) is 0 Å². The summed E-state index contributed by atoms with van der Waals surface area (Å²) >= 11 is 0. The largest absolute Gasteiger partial charge is 0.385 e.